The molecule has 0 aromatic heterocycles. The zero-order chi connectivity index (χ0) is 17.5. The van der Waals surface area contributed by atoms with Crippen molar-refractivity contribution >= 4 is 0 Å². The van der Waals surface area contributed by atoms with Gasteiger partial charge in [0.2, 0.25) is 0 Å². The van der Waals surface area contributed by atoms with Crippen LogP contribution < -0.4 is 5.32 Å². The topological polar surface area (TPSA) is 21.3 Å². The van der Waals surface area contributed by atoms with Crippen LogP contribution in [-0.2, 0) is 4.74 Å². The van der Waals surface area contributed by atoms with Gasteiger partial charge in [0, 0.05) is 12.6 Å². The fraction of sp³-hybridized carbons (Fsp3) is 0.455. The summed E-state index contributed by atoms with van der Waals surface area (Å²) in [6.45, 7) is 12.6. The van der Waals surface area contributed by atoms with Crippen molar-refractivity contribution in [2.75, 3.05) is 13.2 Å². The van der Waals surface area contributed by atoms with Crippen LogP contribution in [-0.4, -0.2) is 19.2 Å². The highest BCUT2D eigenvalue weighted by atomic mass is 16.5. The van der Waals surface area contributed by atoms with Crippen LogP contribution in [0.3, 0.4) is 0 Å². The number of hydrogen-bond acceptors (Lipinski definition) is 2. The summed E-state index contributed by atoms with van der Waals surface area (Å²) in [5.74, 6) is 0. The van der Waals surface area contributed by atoms with E-state index in [1.165, 1.54) is 27.8 Å². The summed E-state index contributed by atoms with van der Waals surface area (Å²) in [5.41, 5.74) is 6.46. The first-order chi connectivity index (χ1) is 11.5. The molecule has 0 aliphatic carbocycles. The molecule has 0 bridgehead atoms. The largest absolute Gasteiger partial charge is 0.369 e. The van der Waals surface area contributed by atoms with E-state index in [9.17, 15) is 0 Å². The van der Waals surface area contributed by atoms with E-state index >= 15 is 0 Å². The molecule has 24 heavy (non-hydrogen) atoms. The van der Waals surface area contributed by atoms with Gasteiger partial charge in [-0.3, -0.25) is 0 Å². The monoisotopic (exact) mass is 325 g/mol. The van der Waals surface area contributed by atoms with Gasteiger partial charge in [-0.1, -0.05) is 61.9 Å². The van der Waals surface area contributed by atoms with E-state index in [0.717, 1.165) is 19.6 Å². The molecule has 2 rings (SSSR count). The van der Waals surface area contributed by atoms with Gasteiger partial charge in [-0.2, -0.15) is 0 Å². The third kappa shape index (κ3) is 5.19. The standard InChI is InChI=1S/C22H31NO/c1-16(2)23-12-9-13-24-22(20-10-7-6-8-11-20)21-18(4)14-17(3)15-19(21)5/h6-8,10-11,14-16,22-23H,9,12-13H2,1-5H3/t22-/m0/s1. The second-order valence-corrected chi connectivity index (χ2v) is 6.94. The predicted octanol–water partition coefficient (Wildman–Crippen LogP) is 5.11. The van der Waals surface area contributed by atoms with Crippen LogP contribution in [0.1, 0.15) is 54.2 Å². The van der Waals surface area contributed by atoms with Crippen molar-refractivity contribution in [3.05, 3.63) is 70.3 Å². The SMILES string of the molecule is Cc1cc(C)c([C@@H](OCCCNC(C)C)c2ccccc2)c(C)c1. The minimum absolute atomic E-state index is 0.00542. The lowest BCUT2D eigenvalue weighted by atomic mass is 9.92. The molecular weight excluding hydrogens is 294 g/mol. The molecular formula is C22H31NO. The van der Waals surface area contributed by atoms with E-state index in [1.807, 2.05) is 0 Å². The Morgan fingerprint density at radius 1 is 0.958 bits per heavy atom. The van der Waals surface area contributed by atoms with Crippen LogP contribution in [0.2, 0.25) is 0 Å². The number of aryl methyl sites for hydroxylation is 3. The first-order valence-corrected chi connectivity index (χ1v) is 8.96. The Labute approximate surface area is 147 Å². The van der Waals surface area contributed by atoms with Crippen LogP contribution in [0.4, 0.5) is 0 Å². The quantitative estimate of drug-likeness (QED) is 0.681. The van der Waals surface area contributed by atoms with Crippen LogP contribution >= 0.6 is 0 Å². The van der Waals surface area contributed by atoms with Crippen LogP contribution in [0, 0.1) is 20.8 Å². The van der Waals surface area contributed by atoms with Crippen molar-refractivity contribution in [2.24, 2.45) is 0 Å². The van der Waals surface area contributed by atoms with E-state index in [4.69, 9.17) is 4.74 Å². The first-order valence-electron chi connectivity index (χ1n) is 8.96. The first kappa shape index (κ1) is 18.7. The minimum Gasteiger partial charge on any atom is -0.369 e. The maximum Gasteiger partial charge on any atom is 0.108 e. The van der Waals surface area contributed by atoms with E-state index < -0.39 is 0 Å². The lowest BCUT2D eigenvalue weighted by Gasteiger charge is -2.23. The summed E-state index contributed by atoms with van der Waals surface area (Å²) >= 11 is 0. The maximum absolute atomic E-state index is 6.36. The summed E-state index contributed by atoms with van der Waals surface area (Å²) in [4.78, 5) is 0. The molecule has 0 heterocycles. The molecule has 0 radical (unpaired) electrons. The van der Waals surface area contributed by atoms with Gasteiger partial charge in [-0.25, -0.2) is 0 Å². The molecule has 2 nitrogen and oxygen atoms in total. The average molecular weight is 325 g/mol. The van der Waals surface area contributed by atoms with E-state index in [2.05, 4.69) is 82.4 Å². The molecule has 0 unspecified atom stereocenters. The fourth-order valence-electron chi connectivity index (χ4n) is 3.24. The second kappa shape index (κ2) is 9.00. The Bertz CT molecular complexity index is 611. The van der Waals surface area contributed by atoms with Gasteiger partial charge >= 0.3 is 0 Å². The lowest BCUT2D eigenvalue weighted by Crippen LogP contribution is -2.24. The van der Waals surface area contributed by atoms with Gasteiger partial charge in [0.05, 0.1) is 0 Å². The highest BCUT2D eigenvalue weighted by Gasteiger charge is 2.19. The number of ether oxygens (including phenoxy) is 1. The highest BCUT2D eigenvalue weighted by molar-refractivity contribution is 5.43. The average Bonchev–Trinajstić information content (AvgIpc) is 2.52. The zero-order valence-electron chi connectivity index (χ0n) is 15.7. The molecule has 0 fully saturated rings. The number of benzene rings is 2. The smallest absolute Gasteiger partial charge is 0.108 e. The number of rotatable bonds is 8. The summed E-state index contributed by atoms with van der Waals surface area (Å²) in [6, 6.07) is 15.6. The van der Waals surface area contributed by atoms with Crippen molar-refractivity contribution < 1.29 is 4.74 Å². The molecule has 0 amide bonds. The molecule has 0 aliphatic heterocycles. The molecule has 1 N–H and O–H groups in total. The summed E-state index contributed by atoms with van der Waals surface area (Å²) in [7, 11) is 0. The fourth-order valence-corrected chi connectivity index (χ4v) is 3.24. The molecule has 1 atom stereocenters. The van der Waals surface area contributed by atoms with Crippen molar-refractivity contribution in [1.29, 1.82) is 0 Å². The van der Waals surface area contributed by atoms with Gasteiger partial charge in [-0.05, 0) is 56.0 Å². The van der Waals surface area contributed by atoms with Crippen molar-refractivity contribution in [2.45, 2.75) is 53.2 Å². The van der Waals surface area contributed by atoms with Crippen molar-refractivity contribution in [1.82, 2.24) is 5.32 Å². The van der Waals surface area contributed by atoms with Crippen molar-refractivity contribution in [3.8, 4) is 0 Å². The summed E-state index contributed by atoms with van der Waals surface area (Å²) < 4.78 is 6.36. The zero-order valence-corrected chi connectivity index (χ0v) is 15.7. The summed E-state index contributed by atoms with van der Waals surface area (Å²) in [5, 5.41) is 3.45. The van der Waals surface area contributed by atoms with Crippen molar-refractivity contribution in [3.63, 3.8) is 0 Å². The Morgan fingerprint density at radius 3 is 2.17 bits per heavy atom. The molecule has 2 aromatic rings. The van der Waals surface area contributed by atoms with Gasteiger partial charge in [0.1, 0.15) is 6.10 Å². The molecule has 0 saturated heterocycles. The van der Waals surface area contributed by atoms with Crippen LogP contribution in [0.15, 0.2) is 42.5 Å². The van der Waals surface area contributed by atoms with E-state index in [0.29, 0.717) is 6.04 Å². The normalized spacial score (nSPS) is 12.6. The molecule has 0 saturated carbocycles. The third-order valence-corrected chi connectivity index (χ3v) is 4.26. The Hall–Kier alpha value is -1.64. The van der Waals surface area contributed by atoms with E-state index in [-0.39, 0.29) is 6.10 Å². The molecule has 2 aromatic carbocycles. The maximum atomic E-state index is 6.36. The summed E-state index contributed by atoms with van der Waals surface area (Å²) in [6.07, 6.45) is 1.02. The Kier molecular flexibility index (Phi) is 7.01. The van der Waals surface area contributed by atoms with Gasteiger partial charge in [0.25, 0.3) is 0 Å². The van der Waals surface area contributed by atoms with Gasteiger partial charge < -0.3 is 10.1 Å². The molecule has 0 aliphatic rings. The molecule has 130 valence electrons. The second-order valence-electron chi connectivity index (χ2n) is 6.94. The Balaban J connectivity index is 2.19. The molecule has 2 heteroatoms. The lowest BCUT2D eigenvalue weighted by molar-refractivity contribution is 0.0772. The van der Waals surface area contributed by atoms with Gasteiger partial charge in [-0.15, -0.1) is 0 Å². The van der Waals surface area contributed by atoms with Crippen LogP contribution in [0.25, 0.3) is 0 Å². The Morgan fingerprint density at radius 2 is 1.58 bits per heavy atom. The third-order valence-electron chi connectivity index (χ3n) is 4.26. The van der Waals surface area contributed by atoms with Gasteiger partial charge in [0.15, 0.2) is 0 Å². The number of hydrogen-bond donors (Lipinski definition) is 1. The minimum atomic E-state index is 0.00542. The molecule has 0 spiro atoms. The van der Waals surface area contributed by atoms with E-state index in [1.54, 1.807) is 0 Å². The highest BCUT2D eigenvalue weighted by Crippen LogP contribution is 2.31. The predicted molar refractivity (Wildman–Crippen MR) is 103 cm³/mol. The number of nitrogens with one attached hydrogen (secondary N) is 1. The van der Waals surface area contributed by atoms with Crippen LogP contribution in [0.5, 0.6) is 0 Å².